The van der Waals surface area contributed by atoms with Crippen LogP contribution in [0.25, 0.3) is 34.3 Å². The normalized spacial score (nSPS) is 11.4. The summed E-state index contributed by atoms with van der Waals surface area (Å²) in [6.07, 6.45) is 9.06. The second-order valence-electron chi connectivity index (χ2n) is 5.47. The summed E-state index contributed by atoms with van der Waals surface area (Å²) in [6.45, 7) is 0. The van der Waals surface area contributed by atoms with Crippen LogP contribution in [0, 0.1) is 5.82 Å². The highest BCUT2D eigenvalue weighted by molar-refractivity contribution is 5.86. The maximum absolute atomic E-state index is 13.3. The summed E-state index contributed by atoms with van der Waals surface area (Å²) in [5.74, 6) is -0.248. The van der Waals surface area contributed by atoms with Gasteiger partial charge in [0.1, 0.15) is 5.82 Å². The number of aromatic nitrogens is 3. The van der Waals surface area contributed by atoms with Gasteiger partial charge in [-0.1, -0.05) is 24.3 Å². The lowest BCUT2D eigenvalue weighted by atomic mass is 10.1. The van der Waals surface area contributed by atoms with E-state index >= 15 is 0 Å². The molecular weight excluding hydrogens is 301 g/mol. The molecule has 0 atom stereocenters. The van der Waals surface area contributed by atoms with Crippen molar-refractivity contribution in [2.75, 3.05) is 0 Å². The summed E-state index contributed by atoms with van der Waals surface area (Å²) in [4.78, 5) is 4.05. The Labute approximate surface area is 138 Å². The lowest BCUT2D eigenvalue weighted by Crippen LogP contribution is -1.88. The number of nitrogens with zero attached hydrogens (tertiary/aromatic N) is 3. The Morgan fingerprint density at radius 3 is 2.62 bits per heavy atom. The largest absolute Gasteiger partial charge is 0.265 e. The Hall–Kier alpha value is -3.27. The van der Waals surface area contributed by atoms with Crippen molar-refractivity contribution in [3.63, 3.8) is 0 Å². The van der Waals surface area contributed by atoms with Gasteiger partial charge in [-0.05, 0) is 53.1 Å². The van der Waals surface area contributed by atoms with E-state index in [1.54, 1.807) is 23.1 Å². The average molecular weight is 315 g/mol. The Kier molecular flexibility index (Phi) is 3.63. The molecule has 4 aromatic rings. The molecule has 0 aliphatic carbocycles. The van der Waals surface area contributed by atoms with Crippen molar-refractivity contribution in [3.05, 3.63) is 84.6 Å². The van der Waals surface area contributed by atoms with Crippen molar-refractivity contribution in [3.8, 4) is 11.1 Å². The molecule has 0 amide bonds. The van der Waals surface area contributed by atoms with Gasteiger partial charge in [0, 0.05) is 24.0 Å². The van der Waals surface area contributed by atoms with Crippen LogP contribution in [0.3, 0.4) is 0 Å². The Balaban J connectivity index is 1.74. The smallest absolute Gasteiger partial charge is 0.123 e. The summed E-state index contributed by atoms with van der Waals surface area (Å²) >= 11 is 0. The molecule has 4 heteroatoms. The van der Waals surface area contributed by atoms with Gasteiger partial charge in [-0.25, -0.2) is 9.07 Å². The third kappa shape index (κ3) is 2.82. The fourth-order valence-corrected chi connectivity index (χ4v) is 2.65. The lowest BCUT2D eigenvalue weighted by molar-refractivity contribution is 0.627. The van der Waals surface area contributed by atoms with Gasteiger partial charge in [0.2, 0.25) is 0 Å². The van der Waals surface area contributed by atoms with E-state index in [2.05, 4.69) is 22.2 Å². The van der Waals surface area contributed by atoms with Gasteiger partial charge in [-0.15, -0.1) is 0 Å². The minimum absolute atomic E-state index is 0.248. The fourth-order valence-electron chi connectivity index (χ4n) is 2.65. The van der Waals surface area contributed by atoms with Gasteiger partial charge in [0.15, 0.2) is 0 Å². The summed E-state index contributed by atoms with van der Waals surface area (Å²) in [6, 6.07) is 16.6. The molecule has 0 aliphatic heterocycles. The summed E-state index contributed by atoms with van der Waals surface area (Å²) in [7, 11) is 0. The van der Waals surface area contributed by atoms with Crippen molar-refractivity contribution in [2.24, 2.45) is 0 Å². The Morgan fingerprint density at radius 1 is 0.917 bits per heavy atom. The third-order valence-electron chi connectivity index (χ3n) is 3.87. The number of fused-ring (bicyclic) bond motifs is 1. The van der Waals surface area contributed by atoms with E-state index in [9.17, 15) is 4.39 Å². The van der Waals surface area contributed by atoms with E-state index in [1.807, 2.05) is 42.7 Å². The molecule has 0 N–H and O–H groups in total. The van der Waals surface area contributed by atoms with Crippen LogP contribution in [0.2, 0.25) is 0 Å². The fraction of sp³-hybridized carbons (Fsp3) is 0. The van der Waals surface area contributed by atoms with E-state index in [0.717, 1.165) is 27.6 Å². The van der Waals surface area contributed by atoms with Crippen LogP contribution in [-0.4, -0.2) is 14.8 Å². The molecule has 0 unspecified atom stereocenters. The van der Waals surface area contributed by atoms with Crippen molar-refractivity contribution in [1.82, 2.24) is 14.8 Å². The minimum Gasteiger partial charge on any atom is -0.265 e. The van der Waals surface area contributed by atoms with E-state index < -0.39 is 0 Å². The van der Waals surface area contributed by atoms with Gasteiger partial charge in [-0.2, -0.15) is 5.10 Å². The highest BCUT2D eigenvalue weighted by Gasteiger charge is 2.04. The number of pyridine rings is 1. The molecule has 0 fully saturated rings. The zero-order valence-corrected chi connectivity index (χ0v) is 12.8. The predicted octanol–water partition coefficient (Wildman–Crippen LogP) is 4.87. The number of hydrogen-bond acceptors (Lipinski definition) is 2. The maximum Gasteiger partial charge on any atom is 0.123 e. The summed E-state index contributed by atoms with van der Waals surface area (Å²) in [5, 5.41) is 5.44. The van der Waals surface area contributed by atoms with E-state index in [1.165, 1.54) is 12.1 Å². The number of rotatable bonds is 3. The second kappa shape index (κ2) is 6.08. The molecule has 3 nitrogen and oxygen atoms in total. The predicted molar refractivity (Wildman–Crippen MR) is 94.6 cm³/mol. The molecule has 0 aliphatic rings. The van der Waals surface area contributed by atoms with E-state index in [4.69, 9.17) is 0 Å². The van der Waals surface area contributed by atoms with Crippen LogP contribution in [0.5, 0.6) is 0 Å². The number of hydrogen-bond donors (Lipinski definition) is 0. The van der Waals surface area contributed by atoms with Gasteiger partial charge < -0.3 is 0 Å². The van der Waals surface area contributed by atoms with Crippen molar-refractivity contribution in [2.45, 2.75) is 0 Å². The minimum atomic E-state index is -0.248. The monoisotopic (exact) mass is 315 g/mol. The maximum atomic E-state index is 13.3. The first kappa shape index (κ1) is 14.3. The van der Waals surface area contributed by atoms with E-state index in [0.29, 0.717) is 0 Å². The molecule has 4 rings (SSSR count). The van der Waals surface area contributed by atoms with Crippen LogP contribution in [-0.2, 0) is 0 Å². The van der Waals surface area contributed by atoms with Crippen LogP contribution in [0.1, 0.15) is 5.56 Å². The molecule has 24 heavy (non-hydrogen) atoms. The molecule has 0 bridgehead atoms. The molecule has 116 valence electrons. The van der Waals surface area contributed by atoms with Crippen LogP contribution in [0.15, 0.2) is 73.2 Å². The standard InChI is InChI=1S/C20H14FN3/c21-19-3-1-2-15(12-19)8-11-24-20-13-17(4-5-18(20)14-23-24)16-6-9-22-10-7-16/h1-14H. The molecule has 2 aromatic heterocycles. The highest BCUT2D eigenvalue weighted by Crippen LogP contribution is 2.24. The second-order valence-corrected chi connectivity index (χ2v) is 5.47. The lowest BCUT2D eigenvalue weighted by Gasteiger charge is -2.03. The first-order chi connectivity index (χ1) is 11.8. The molecule has 2 aromatic carbocycles. The summed E-state index contributed by atoms with van der Waals surface area (Å²) < 4.78 is 15.1. The Morgan fingerprint density at radius 2 is 1.79 bits per heavy atom. The first-order valence-corrected chi connectivity index (χ1v) is 7.61. The number of halogens is 1. The molecule has 0 saturated heterocycles. The molecule has 0 spiro atoms. The third-order valence-corrected chi connectivity index (χ3v) is 3.87. The van der Waals surface area contributed by atoms with Crippen LogP contribution < -0.4 is 0 Å². The van der Waals surface area contributed by atoms with Crippen molar-refractivity contribution in [1.29, 1.82) is 0 Å². The average Bonchev–Trinajstić information content (AvgIpc) is 3.03. The highest BCUT2D eigenvalue weighted by atomic mass is 19.1. The zero-order chi connectivity index (χ0) is 16.4. The molecule has 0 radical (unpaired) electrons. The quantitative estimate of drug-likeness (QED) is 0.540. The summed E-state index contributed by atoms with van der Waals surface area (Å²) in [5.41, 5.74) is 4.00. The zero-order valence-electron chi connectivity index (χ0n) is 12.8. The van der Waals surface area contributed by atoms with Gasteiger partial charge in [0.25, 0.3) is 0 Å². The Bertz CT molecular complexity index is 1020. The van der Waals surface area contributed by atoms with Crippen LogP contribution >= 0.6 is 0 Å². The van der Waals surface area contributed by atoms with Crippen molar-refractivity contribution < 1.29 is 4.39 Å². The molecular formula is C20H14FN3. The SMILES string of the molecule is Fc1cccc(C=Cn2ncc3ccc(-c4ccncc4)cc32)c1. The first-order valence-electron chi connectivity index (χ1n) is 7.61. The topological polar surface area (TPSA) is 30.7 Å². The van der Waals surface area contributed by atoms with Crippen LogP contribution in [0.4, 0.5) is 4.39 Å². The van der Waals surface area contributed by atoms with E-state index in [-0.39, 0.29) is 5.82 Å². The molecule has 0 saturated carbocycles. The van der Waals surface area contributed by atoms with Gasteiger partial charge in [-0.3, -0.25) is 4.98 Å². The molecule has 2 heterocycles. The number of benzene rings is 2. The van der Waals surface area contributed by atoms with Gasteiger partial charge in [0.05, 0.1) is 11.7 Å². The van der Waals surface area contributed by atoms with Crippen molar-refractivity contribution >= 4 is 23.2 Å². The van der Waals surface area contributed by atoms with Gasteiger partial charge >= 0.3 is 0 Å².